The van der Waals surface area contributed by atoms with Gasteiger partial charge in [0.15, 0.2) is 0 Å². The number of carbonyl (C=O) groups excluding carboxylic acids is 1. The number of rotatable bonds is 5. The molecule has 1 saturated heterocycles. The molecule has 2 aromatic heterocycles. The van der Waals surface area contributed by atoms with Gasteiger partial charge in [0.1, 0.15) is 5.82 Å². The second-order valence-electron chi connectivity index (χ2n) is 7.34. The molecule has 1 fully saturated rings. The van der Waals surface area contributed by atoms with Gasteiger partial charge in [-0.15, -0.1) is 0 Å². The highest BCUT2D eigenvalue weighted by Gasteiger charge is 2.22. The van der Waals surface area contributed by atoms with Crippen LogP contribution in [0, 0.1) is 5.82 Å². The lowest BCUT2D eigenvalue weighted by molar-refractivity contribution is -0.132. The van der Waals surface area contributed by atoms with Crippen LogP contribution in [0.2, 0.25) is 0 Å². The number of aryl methyl sites for hydroxylation is 1. The number of hydrogen-bond donors (Lipinski definition) is 0. The Kier molecular flexibility index (Phi) is 5.67. The molecule has 3 heterocycles. The minimum Gasteiger partial charge on any atom is -0.340 e. The number of aromatic nitrogens is 3. The number of pyridine rings is 1. The van der Waals surface area contributed by atoms with Gasteiger partial charge in [-0.05, 0) is 35.9 Å². The second kappa shape index (κ2) is 8.53. The van der Waals surface area contributed by atoms with Gasteiger partial charge in [0.05, 0.1) is 17.8 Å². The molecule has 29 heavy (non-hydrogen) atoms. The topological polar surface area (TPSA) is 54.3 Å². The zero-order valence-corrected chi connectivity index (χ0v) is 16.5. The molecule has 6 nitrogen and oxygen atoms in total. The maximum atomic E-state index is 13.3. The van der Waals surface area contributed by atoms with E-state index in [0.717, 1.165) is 42.1 Å². The van der Waals surface area contributed by atoms with E-state index in [-0.39, 0.29) is 18.1 Å². The first-order valence-corrected chi connectivity index (χ1v) is 9.76. The van der Waals surface area contributed by atoms with Crippen molar-refractivity contribution in [2.45, 2.75) is 13.0 Å². The van der Waals surface area contributed by atoms with Crippen LogP contribution in [0.3, 0.4) is 0 Å². The van der Waals surface area contributed by atoms with E-state index < -0.39 is 0 Å². The summed E-state index contributed by atoms with van der Waals surface area (Å²) in [7, 11) is 1.96. The Bertz CT molecular complexity index is 980. The van der Waals surface area contributed by atoms with E-state index in [9.17, 15) is 9.18 Å². The fourth-order valence-electron chi connectivity index (χ4n) is 3.64. The summed E-state index contributed by atoms with van der Waals surface area (Å²) in [6.07, 6.45) is 3.78. The summed E-state index contributed by atoms with van der Waals surface area (Å²) in [5, 5.41) is 4.61. The third-order valence-corrected chi connectivity index (χ3v) is 5.31. The van der Waals surface area contributed by atoms with Crippen LogP contribution in [0.5, 0.6) is 0 Å². The van der Waals surface area contributed by atoms with Crippen molar-refractivity contribution in [3.05, 3.63) is 71.9 Å². The lowest BCUT2D eigenvalue weighted by atomic mass is 10.1. The maximum absolute atomic E-state index is 13.3. The lowest BCUT2D eigenvalue weighted by Gasteiger charge is -2.34. The maximum Gasteiger partial charge on any atom is 0.227 e. The molecule has 0 radical (unpaired) electrons. The predicted octanol–water partition coefficient (Wildman–Crippen LogP) is 2.51. The average Bonchev–Trinajstić information content (AvgIpc) is 3.09. The number of piperazine rings is 1. The van der Waals surface area contributed by atoms with Gasteiger partial charge in [-0.3, -0.25) is 19.4 Å². The van der Waals surface area contributed by atoms with Gasteiger partial charge in [-0.25, -0.2) is 4.39 Å². The first-order chi connectivity index (χ1) is 14.1. The van der Waals surface area contributed by atoms with Crippen LogP contribution in [0.4, 0.5) is 4.39 Å². The number of amides is 1. The van der Waals surface area contributed by atoms with Crippen LogP contribution in [0.15, 0.2) is 54.9 Å². The van der Waals surface area contributed by atoms with Crippen LogP contribution in [0.1, 0.15) is 11.3 Å². The highest BCUT2D eigenvalue weighted by Crippen LogP contribution is 2.19. The molecule has 1 aliphatic rings. The molecule has 7 heteroatoms. The zero-order chi connectivity index (χ0) is 20.2. The van der Waals surface area contributed by atoms with E-state index in [1.54, 1.807) is 24.5 Å². The third kappa shape index (κ3) is 4.68. The molecule has 1 amide bonds. The van der Waals surface area contributed by atoms with Crippen molar-refractivity contribution in [1.29, 1.82) is 0 Å². The standard InChI is InChI=1S/C22H24FN5O/c1-26-20(15-21(25-26)18-5-7-24-8-6-18)16-27-9-11-28(12-10-27)22(29)14-17-3-2-4-19(23)13-17/h2-8,13,15H,9-12,14,16H2,1H3. The van der Waals surface area contributed by atoms with Crippen LogP contribution in [-0.4, -0.2) is 56.7 Å². The molecular formula is C22H24FN5O. The van der Waals surface area contributed by atoms with Crippen molar-refractivity contribution in [3.8, 4) is 11.3 Å². The molecule has 4 rings (SSSR count). The Morgan fingerprint density at radius 2 is 1.83 bits per heavy atom. The molecule has 0 bridgehead atoms. The van der Waals surface area contributed by atoms with Crippen molar-refractivity contribution < 1.29 is 9.18 Å². The molecule has 1 aliphatic heterocycles. The smallest absolute Gasteiger partial charge is 0.227 e. The first kappa shape index (κ1) is 19.3. The summed E-state index contributed by atoms with van der Waals surface area (Å²) in [6, 6.07) is 12.3. The number of halogens is 1. The molecule has 150 valence electrons. The SMILES string of the molecule is Cn1nc(-c2ccncc2)cc1CN1CCN(C(=O)Cc2cccc(F)c2)CC1. The Balaban J connectivity index is 1.32. The molecule has 0 spiro atoms. The average molecular weight is 393 g/mol. The molecule has 0 aliphatic carbocycles. The summed E-state index contributed by atoms with van der Waals surface area (Å²) < 4.78 is 15.2. The van der Waals surface area contributed by atoms with E-state index in [2.05, 4.69) is 21.0 Å². The van der Waals surface area contributed by atoms with Crippen molar-refractivity contribution in [3.63, 3.8) is 0 Å². The molecule has 0 N–H and O–H groups in total. The zero-order valence-electron chi connectivity index (χ0n) is 16.5. The number of hydrogen-bond acceptors (Lipinski definition) is 4. The summed E-state index contributed by atoms with van der Waals surface area (Å²) in [6.45, 7) is 3.78. The molecule has 0 saturated carbocycles. The Morgan fingerprint density at radius 3 is 2.55 bits per heavy atom. The summed E-state index contributed by atoms with van der Waals surface area (Å²) in [5.41, 5.74) is 3.84. The molecule has 3 aromatic rings. The largest absolute Gasteiger partial charge is 0.340 e. The Morgan fingerprint density at radius 1 is 1.07 bits per heavy atom. The van der Waals surface area contributed by atoms with Gasteiger partial charge in [0.2, 0.25) is 5.91 Å². The normalized spacial score (nSPS) is 14.9. The minimum atomic E-state index is -0.303. The van der Waals surface area contributed by atoms with Gasteiger partial charge in [-0.2, -0.15) is 5.10 Å². The Hall–Kier alpha value is -3.06. The Labute approximate surface area is 169 Å². The van der Waals surface area contributed by atoms with Crippen LogP contribution < -0.4 is 0 Å². The number of nitrogens with zero attached hydrogens (tertiary/aromatic N) is 5. The quantitative estimate of drug-likeness (QED) is 0.668. The summed E-state index contributed by atoms with van der Waals surface area (Å²) >= 11 is 0. The highest BCUT2D eigenvalue weighted by molar-refractivity contribution is 5.78. The molecule has 0 unspecified atom stereocenters. The van der Waals surface area contributed by atoms with Crippen LogP contribution in [-0.2, 0) is 24.8 Å². The molecule has 0 atom stereocenters. The van der Waals surface area contributed by atoms with Gasteiger partial charge < -0.3 is 4.90 Å². The van der Waals surface area contributed by atoms with E-state index in [1.165, 1.54) is 12.1 Å². The van der Waals surface area contributed by atoms with E-state index >= 15 is 0 Å². The summed E-state index contributed by atoms with van der Waals surface area (Å²) in [4.78, 5) is 20.8. The monoisotopic (exact) mass is 393 g/mol. The predicted molar refractivity (Wildman–Crippen MR) is 108 cm³/mol. The summed E-state index contributed by atoms with van der Waals surface area (Å²) in [5.74, 6) is -0.252. The van der Waals surface area contributed by atoms with Crippen LogP contribution >= 0.6 is 0 Å². The lowest BCUT2D eigenvalue weighted by Crippen LogP contribution is -2.48. The third-order valence-electron chi connectivity index (χ3n) is 5.31. The number of carbonyl (C=O) groups is 1. The number of benzene rings is 1. The van der Waals surface area contributed by atoms with Crippen molar-refractivity contribution in [2.75, 3.05) is 26.2 Å². The second-order valence-corrected chi connectivity index (χ2v) is 7.34. The fourth-order valence-corrected chi connectivity index (χ4v) is 3.64. The van der Waals surface area contributed by atoms with E-state index in [4.69, 9.17) is 0 Å². The highest BCUT2D eigenvalue weighted by atomic mass is 19.1. The van der Waals surface area contributed by atoms with Gasteiger partial charge in [-0.1, -0.05) is 12.1 Å². The van der Waals surface area contributed by atoms with Crippen molar-refractivity contribution in [2.24, 2.45) is 7.05 Å². The molecular weight excluding hydrogens is 369 g/mol. The van der Waals surface area contributed by atoms with Gasteiger partial charge >= 0.3 is 0 Å². The van der Waals surface area contributed by atoms with E-state index in [0.29, 0.717) is 13.1 Å². The van der Waals surface area contributed by atoms with Crippen molar-refractivity contribution >= 4 is 5.91 Å². The molecule has 1 aromatic carbocycles. The van der Waals surface area contributed by atoms with E-state index in [1.807, 2.05) is 28.8 Å². The van der Waals surface area contributed by atoms with Crippen molar-refractivity contribution in [1.82, 2.24) is 24.6 Å². The fraction of sp³-hybridized carbons (Fsp3) is 0.318. The van der Waals surface area contributed by atoms with Gasteiger partial charge in [0.25, 0.3) is 0 Å². The van der Waals surface area contributed by atoms with Gasteiger partial charge in [0, 0.05) is 57.7 Å². The first-order valence-electron chi connectivity index (χ1n) is 9.76. The van der Waals surface area contributed by atoms with Crippen LogP contribution in [0.25, 0.3) is 11.3 Å². The minimum absolute atomic E-state index is 0.0516.